The number of nitrogens with one attached hydrogen (secondary N) is 4. The molecule has 5 atom stereocenters. The Morgan fingerprint density at radius 1 is 1.00 bits per heavy atom. The lowest BCUT2D eigenvalue weighted by molar-refractivity contribution is -0.142. The van der Waals surface area contributed by atoms with E-state index < -0.39 is 47.9 Å². The highest BCUT2D eigenvalue weighted by atomic mass is 16.4. The molecule has 1 aromatic carbocycles. The van der Waals surface area contributed by atoms with Crippen molar-refractivity contribution in [1.29, 1.82) is 0 Å². The lowest BCUT2D eigenvalue weighted by atomic mass is 9.96. The number of aromatic nitrogens is 1. The second kappa shape index (κ2) is 14.7. The molecule has 0 aliphatic heterocycles. The number of benzene rings is 1. The maximum absolute atomic E-state index is 13.5. The highest BCUT2D eigenvalue weighted by Gasteiger charge is 2.32. The van der Waals surface area contributed by atoms with E-state index in [0.29, 0.717) is 12.8 Å². The third-order valence-electron chi connectivity index (χ3n) is 6.50. The van der Waals surface area contributed by atoms with Crippen molar-refractivity contribution in [1.82, 2.24) is 20.9 Å². The molecular weight excluding hydrogens is 504 g/mol. The topological polar surface area (TPSA) is 231 Å². The van der Waals surface area contributed by atoms with Crippen LogP contribution in [0.15, 0.2) is 35.5 Å². The standard InChI is InChI=1S/C26H40N8O5/c1-4-14(2)21(24(37)32-19(25(38)39)10-7-11-30-26(28)29)34-23(36)20(33-22(35)15(3)27)12-16-13-31-18-9-6-5-8-17(16)18/h5-6,8-9,13-15,19-21,31H,4,7,10-12,27H2,1-3H3,(H,32,37)(H,33,35)(H,34,36)(H,38,39)(H4,28,29,30). The first-order valence-electron chi connectivity index (χ1n) is 12.9. The Bertz CT molecular complexity index is 1170. The maximum atomic E-state index is 13.5. The fraction of sp³-hybridized carbons (Fsp3) is 0.500. The minimum Gasteiger partial charge on any atom is -0.480 e. The molecule has 2 rings (SSSR count). The summed E-state index contributed by atoms with van der Waals surface area (Å²) in [5.74, 6) is -3.41. The normalized spacial score (nSPS) is 14.9. The Morgan fingerprint density at radius 2 is 1.67 bits per heavy atom. The molecule has 5 unspecified atom stereocenters. The molecule has 0 radical (unpaired) electrons. The predicted molar refractivity (Wildman–Crippen MR) is 148 cm³/mol. The second-order valence-electron chi connectivity index (χ2n) is 9.63. The SMILES string of the molecule is CCC(C)C(NC(=O)C(Cc1c[nH]c2ccccc12)NC(=O)C(C)N)C(=O)NC(CCCN=C(N)N)C(=O)O. The van der Waals surface area contributed by atoms with Crippen LogP contribution in [-0.2, 0) is 25.6 Å². The number of carboxylic acids is 1. The van der Waals surface area contributed by atoms with Crippen molar-refractivity contribution in [3.63, 3.8) is 0 Å². The highest BCUT2D eigenvalue weighted by Crippen LogP contribution is 2.19. The second-order valence-corrected chi connectivity index (χ2v) is 9.63. The number of rotatable bonds is 15. The van der Waals surface area contributed by atoms with Crippen LogP contribution in [0.5, 0.6) is 0 Å². The number of para-hydroxylation sites is 1. The number of fused-ring (bicyclic) bond motifs is 1. The first-order valence-corrected chi connectivity index (χ1v) is 12.9. The van der Waals surface area contributed by atoms with Gasteiger partial charge in [-0.1, -0.05) is 38.5 Å². The summed E-state index contributed by atoms with van der Waals surface area (Å²) in [6.45, 7) is 5.34. The molecule has 0 saturated heterocycles. The maximum Gasteiger partial charge on any atom is 0.326 e. The van der Waals surface area contributed by atoms with Gasteiger partial charge in [-0.2, -0.15) is 0 Å². The highest BCUT2D eigenvalue weighted by molar-refractivity contribution is 5.95. The molecule has 1 heterocycles. The van der Waals surface area contributed by atoms with Gasteiger partial charge >= 0.3 is 5.97 Å². The Labute approximate surface area is 227 Å². The van der Waals surface area contributed by atoms with Gasteiger partial charge in [-0.3, -0.25) is 19.4 Å². The number of guanidine groups is 1. The van der Waals surface area contributed by atoms with Gasteiger partial charge in [-0.05, 0) is 37.3 Å². The average molecular weight is 545 g/mol. The van der Waals surface area contributed by atoms with Gasteiger partial charge in [0.05, 0.1) is 6.04 Å². The van der Waals surface area contributed by atoms with E-state index >= 15 is 0 Å². The molecule has 0 aliphatic rings. The van der Waals surface area contributed by atoms with E-state index in [9.17, 15) is 24.3 Å². The van der Waals surface area contributed by atoms with Crippen molar-refractivity contribution < 1.29 is 24.3 Å². The summed E-state index contributed by atoms with van der Waals surface area (Å²) >= 11 is 0. The van der Waals surface area contributed by atoms with Gasteiger partial charge < -0.3 is 43.2 Å². The zero-order chi connectivity index (χ0) is 29.1. The van der Waals surface area contributed by atoms with Crippen LogP contribution in [0.2, 0.25) is 0 Å². The number of hydrogen-bond donors (Lipinski definition) is 8. The van der Waals surface area contributed by atoms with Crippen LogP contribution in [0, 0.1) is 5.92 Å². The van der Waals surface area contributed by atoms with E-state index in [4.69, 9.17) is 17.2 Å². The molecule has 13 nitrogen and oxygen atoms in total. The van der Waals surface area contributed by atoms with Gasteiger partial charge in [0.2, 0.25) is 17.7 Å². The molecule has 0 fully saturated rings. The summed E-state index contributed by atoms with van der Waals surface area (Å²) < 4.78 is 0. The smallest absolute Gasteiger partial charge is 0.326 e. The van der Waals surface area contributed by atoms with E-state index in [1.807, 2.05) is 31.2 Å². The lowest BCUT2D eigenvalue weighted by Gasteiger charge is -2.28. The molecule has 0 aliphatic carbocycles. The molecule has 11 N–H and O–H groups in total. The van der Waals surface area contributed by atoms with Crippen LogP contribution in [0.1, 0.15) is 45.6 Å². The summed E-state index contributed by atoms with van der Waals surface area (Å²) in [6, 6.07) is 3.42. The van der Waals surface area contributed by atoms with E-state index in [0.717, 1.165) is 16.5 Å². The summed E-state index contributed by atoms with van der Waals surface area (Å²) in [7, 11) is 0. The van der Waals surface area contributed by atoms with Gasteiger partial charge in [0.1, 0.15) is 18.1 Å². The van der Waals surface area contributed by atoms with Crippen molar-refractivity contribution >= 4 is 40.6 Å². The number of carbonyl (C=O) groups is 4. The molecule has 214 valence electrons. The Balaban J connectivity index is 2.23. The van der Waals surface area contributed by atoms with Crippen LogP contribution in [0.25, 0.3) is 10.9 Å². The molecule has 0 bridgehead atoms. The van der Waals surface area contributed by atoms with Crippen molar-refractivity contribution in [3.05, 3.63) is 36.0 Å². The van der Waals surface area contributed by atoms with Gasteiger partial charge in [-0.15, -0.1) is 0 Å². The van der Waals surface area contributed by atoms with Gasteiger partial charge in [0.25, 0.3) is 0 Å². The number of H-pyrrole nitrogens is 1. The number of nitrogens with two attached hydrogens (primary N) is 3. The van der Waals surface area contributed by atoms with Crippen molar-refractivity contribution in [2.24, 2.45) is 28.1 Å². The van der Waals surface area contributed by atoms with E-state index in [1.54, 1.807) is 13.1 Å². The van der Waals surface area contributed by atoms with Gasteiger partial charge in [0, 0.05) is 30.1 Å². The molecule has 1 aromatic heterocycles. The number of aliphatic carboxylic acids is 1. The van der Waals surface area contributed by atoms with Crippen molar-refractivity contribution in [2.75, 3.05) is 6.54 Å². The summed E-state index contributed by atoms with van der Waals surface area (Å²) in [5.41, 5.74) is 18.0. The van der Waals surface area contributed by atoms with Gasteiger partial charge in [-0.25, -0.2) is 4.79 Å². The molecule has 39 heavy (non-hydrogen) atoms. The lowest BCUT2D eigenvalue weighted by Crippen LogP contribution is -2.59. The third-order valence-corrected chi connectivity index (χ3v) is 6.50. The summed E-state index contributed by atoms with van der Waals surface area (Å²) in [5, 5.41) is 18.4. The van der Waals surface area contributed by atoms with E-state index in [1.165, 1.54) is 6.92 Å². The van der Waals surface area contributed by atoms with E-state index in [-0.39, 0.29) is 31.3 Å². The predicted octanol–water partition coefficient (Wildman–Crippen LogP) is -0.304. The van der Waals surface area contributed by atoms with Crippen LogP contribution >= 0.6 is 0 Å². The summed E-state index contributed by atoms with van der Waals surface area (Å²) in [4.78, 5) is 57.9. The number of aliphatic imine (C=N–C) groups is 1. The quantitative estimate of drug-likeness (QED) is 0.0840. The summed E-state index contributed by atoms with van der Waals surface area (Å²) in [6.07, 6.45) is 2.85. The van der Waals surface area contributed by atoms with Crippen LogP contribution in [0.3, 0.4) is 0 Å². The average Bonchev–Trinajstić information content (AvgIpc) is 3.30. The van der Waals surface area contributed by atoms with Crippen molar-refractivity contribution in [3.8, 4) is 0 Å². The number of aromatic amines is 1. The largest absolute Gasteiger partial charge is 0.480 e. The molecular formula is C26H40N8O5. The number of hydrogen-bond acceptors (Lipinski definition) is 6. The zero-order valence-corrected chi connectivity index (χ0v) is 22.6. The van der Waals surface area contributed by atoms with Crippen LogP contribution in [-0.4, -0.2) is 70.5 Å². The molecule has 0 spiro atoms. The monoisotopic (exact) mass is 544 g/mol. The number of carbonyl (C=O) groups excluding carboxylic acids is 3. The Kier molecular flexibility index (Phi) is 11.7. The molecule has 3 amide bonds. The zero-order valence-electron chi connectivity index (χ0n) is 22.6. The number of nitrogens with zero attached hydrogens (tertiary/aromatic N) is 1. The fourth-order valence-electron chi connectivity index (χ4n) is 4.01. The van der Waals surface area contributed by atoms with Gasteiger partial charge in [0.15, 0.2) is 5.96 Å². The minimum absolute atomic E-state index is 0.0899. The molecule has 2 aromatic rings. The number of amides is 3. The van der Waals surface area contributed by atoms with E-state index in [2.05, 4.69) is 25.9 Å². The third kappa shape index (κ3) is 9.28. The van der Waals surface area contributed by atoms with Crippen LogP contribution in [0.4, 0.5) is 0 Å². The molecule has 0 saturated carbocycles. The van der Waals surface area contributed by atoms with Crippen molar-refractivity contribution in [2.45, 2.75) is 70.6 Å². The van der Waals surface area contributed by atoms with Crippen LogP contribution < -0.4 is 33.2 Å². The Morgan fingerprint density at radius 3 is 2.28 bits per heavy atom. The number of carboxylic acid groups (broad SMARTS) is 1. The first kappa shape index (κ1) is 31.1. The first-order chi connectivity index (χ1) is 18.4. The Hall–Kier alpha value is -4.13. The fourth-order valence-corrected chi connectivity index (χ4v) is 4.01. The molecule has 13 heteroatoms. The minimum atomic E-state index is -1.22.